The van der Waals surface area contributed by atoms with Crippen molar-refractivity contribution >= 4 is 24.8 Å². The Balaban J connectivity index is 0. The molecule has 2 nitrogen and oxygen atoms in total. The van der Waals surface area contributed by atoms with Crippen molar-refractivity contribution in [2.45, 2.75) is 25.3 Å². The van der Waals surface area contributed by atoms with Crippen molar-refractivity contribution in [1.29, 1.82) is 0 Å². The molecule has 1 atom stereocenters. The molecule has 1 aliphatic rings. The van der Waals surface area contributed by atoms with Crippen molar-refractivity contribution < 1.29 is 8.78 Å². The first kappa shape index (κ1) is 15.8. The van der Waals surface area contributed by atoms with Crippen LogP contribution in [0.2, 0.25) is 0 Å². The number of rotatable bonds is 1. The minimum absolute atomic E-state index is 0. The lowest BCUT2D eigenvalue weighted by molar-refractivity contribution is -0.0783. The van der Waals surface area contributed by atoms with Gasteiger partial charge in [0.2, 0.25) is 0 Å². The van der Waals surface area contributed by atoms with Gasteiger partial charge in [-0.1, -0.05) is 6.92 Å². The Morgan fingerprint density at radius 2 is 2.00 bits per heavy atom. The molecular weight excluding hydrogens is 221 g/mol. The Labute approximate surface area is 89.7 Å². The van der Waals surface area contributed by atoms with Crippen LogP contribution in [0.25, 0.3) is 0 Å². The zero-order valence-corrected chi connectivity index (χ0v) is 9.14. The van der Waals surface area contributed by atoms with Crippen molar-refractivity contribution in [1.82, 2.24) is 4.90 Å². The van der Waals surface area contributed by atoms with Crippen LogP contribution >= 0.6 is 24.8 Å². The third-order valence-corrected chi connectivity index (χ3v) is 2.18. The molecule has 1 fully saturated rings. The number of alkyl halides is 2. The van der Waals surface area contributed by atoms with Crippen LogP contribution in [0.1, 0.15) is 13.3 Å². The molecule has 0 amide bonds. The van der Waals surface area contributed by atoms with E-state index < -0.39 is 12.0 Å². The predicted octanol–water partition coefficient (Wildman–Crippen LogP) is 1.52. The second kappa shape index (κ2) is 5.96. The molecule has 0 spiro atoms. The number of nitrogens with two attached hydrogens (primary N) is 1. The highest BCUT2D eigenvalue weighted by Crippen LogP contribution is 2.25. The lowest BCUT2D eigenvalue weighted by Gasteiger charge is -2.35. The summed E-state index contributed by atoms with van der Waals surface area (Å²) >= 11 is 0. The molecule has 82 valence electrons. The summed E-state index contributed by atoms with van der Waals surface area (Å²) in [5.41, 5.74) is 5.25. The van der Waals surface area contributed by atoms with Gasteiger partial charge >= 0.3 is 0 Å². The standard InChI is InChI=1S/C7H14F2N2.2ClH/c1-2-11-4-3-6(10)7(8,9)5-11;;/h6H,2-5,10H2,1H3;2*1H. The molecule has 0 bridgehead atoms. The normalized spacial score (nSPS) is 27.2. The Morgan fingerprint density at radius 3 is 2.38 bits per heavy atom. The van der Waals surface area contributed by atoms with Gasteiger partial charge in [0.05, 0.1) is 12.6 Å². The number of hydrogen-bond acceptors (Lipinski definition) is 2. The van der Waals surface area contributed by atoms with Crippen LogP contribution in [0.3, 0.4) is 0 Å². The first-order valence-corrected chi connectivity index (χ1v) is 3.92. The van der Waals surface area contributed by atoms with Crippen LogP contribution in [0.15, 0.2) is 0 Å². The van der Waals surface area contributed by atoms with Crippen molar-refractivity contribution in [2.75, 3.05) is 19.6 Å². The Kier molecular flexibility index (Phi) is 7.25. The van der Waals surface area contributed by atoms with Gasteiger partial charge in [-0.25, -0.2) is 8.78 Å². The van der Waals surface area contributed by atoms with E-state index in [-0.39, 0.29) is 31.4 Å². The summed E-state index contributed by atoms with van der Waals surface area (Å²) in [5, 5.41) is 0. The fraction of sp³-hybridized carbons (Fsp3) is 1.00. The molecule has 13 heavy (non-hydrogen) atoms. The lowest BCUT2D eigenvalue weighted by Crippen LogP contribution is -2.55. The van der Waals surface area contributed by atoms with Gasteiger partial charge in [-0.15, -0.1) is 24.8 Å². The maximum atomic E-state index is 12.9. The molecule has 0 aromatic carbocycles. The molecule has 0 aliphatic carbocycles. The van der Waals surface area contributed by atoms with Crippen LogP contribution in [0.4, 0.5) is 8.78 Å². The molecule has 0 radical (unpaired) electrons. The summed E-state index contributed by atoms with van der Waals surface area (Å²) in [6.07, 6.45) is 0.404. The topological polar surface area (TPSA) is 29.3 Å². The summed E-state index contributed by atoms with van der Waals surface area (Å²) in [4.78, 5) is 1.73. The highest BCUT2D eigenvalue weighted by Gasteiger charge is 2.41. The highest BCUT2D eigenvalue weighted by atomic mass is 35.5. The van der Waals surface area contributed by atoms with Crippen molar-refractivity contribution in [3.05, 3.63) is 0 Å². The number of halogens is 4. The number of likely N-dealkylation sites (tertiary alicyclic amines) is 1. The Morgan fingerprint density at radius 1 is 1.46 bits per heavy atom. The van der Waals surface area contributed by atoms with Crippen LogP contribution in [-0.4, -0.2) is 36.5 Å². The Hall–Kier alpha value is 0.360. The predicted molar refractivity (Wildman–Crippen MR) is 54.1 cm³/mol. The molecule has 1 heterocycles. The van der Waals surface area contributed by atoms with Gasteiger partial charge < -0.3 is 5.73 Å². The fourth-order valence-corrected chi connectivity index (χ4v) is 1.30. The van der Waals surface area contributed by atoms with Gasteiger partial charge in [0.1, 0.15) is 0 Å². The van der Waals surface area contributed by atoms with Gasteiger partial charge in [-0.3, -0.25) is 4.90 Å². The summed E-state index contributed by atoms with van der Waals surface area (Å²) in [7, 11) is 0. The van der Waals surface area contributed by atoms with E-state index in [4.69, 9.17) is 5.73 Å². The fourth-order valence-electron chi connectivity index (χ4n) is 1.30. The number of piperidine rings is 1. The summed E-state index contributed by atoms with van der Waals surface area (Å²) in [5.74, 6) is -2.69. The van der Waals surface area contributed by atoms with Crippen molar-refractivity contribution in [3.8, 4) is 0 Å². The van der Waals surface area contributed by atoms with E-state index in [0.717, 1.165) is 0 Å². The van der Waals surface area contributed by atoms with Crippen LogP contribution in [-0.2, 0) is 0 Å². The van der Waals surface area contributed by atoms with E-state index in [1.807, 2.05) is 6.92 Å². The largest absolute Gasteiger partial charge is 0.323 e. The number of hydrogen-bond donors (Lipinski definition) is 1. The molecule has 0 aromatic heterocycles. The van der Waals surface area contributed by atoms with Crippen LogP contribution in [0.5, 0.6) is 0 Å². The third kappa shape index (κ3) is 3.94. The van der Waals surface area contributed by atoms with Crippen molar-refractivity contribution in [2.24, 2.45) is 5.73 Å². The molecule has 1 rings (SSSR count). The molecule has 1 aliphatic heterocycles. The third-order valence-electron chi connectivity index (χ3n) is 2.18. The van der Waals surface area contributed by atoms with Crippen LogP contribution in [0, 0.1) is 0 Å². The summed E-state index contributed by atoms with van der Waals surface area (Å²) in [6, 6.07) is -0.940. The van der Waals surface area contributed by atoms with Gasteiger partial charge in [0, 0.05) is 6.54 Å². The minimum Gasteiger partial charge on any atom is -0.323 e. The van der Waals surface area contributed by atoms with Crippen molar-refractivity contribution in [3.63, 3.8) is 0 Å². The van der Waals surface area contributed by atoms with Gasteiger partial charge in [0.15, 0.2) is 0 Å². The minimum atomic E-state index is -2.69. The van der Waals surface area contributed by atoms with Gasteiger partial charge in [-0.05, 0) is 13.0 Å². The van der Waals surface area contributed by atoms with Crippen LogP contribution < -0.4 is 5.73 Å². The SMILES string of the molecule is CCN1CCC(N)C(F)(F)C1.Cl.Cl. The van der Waals surface area contributed by atoms with Gasteiger partial charge in [-0.2, -0.15) is 0 Å². The molecule has 2 N–H and O–H groups in total. The molecule has 1 saturated heterocycles. The van der Waals surface area contributed by atoms with E-state index in [0.29, 0.717) is 19.5 Å². The zero-order valence-electron chi connectivity index (χ0n) is 7.50. The summed E-state index contributed by atoms with van der Waals surface area (Å²) < 4.78 is 25.7. The monoisotopic (exact) mass is 236 g/mol. The highest BCUT2D eigenvalue weighted by molar-refractivity contribution is 5.85. The lowest BCUT2D eigenvalue weighted by atomic mass is 10.0. The van der Waals surface area contributed by atoms with E-state index >= 15 is 0 Å². The first-order chi connectivity index (χ1) is 5.06. The second-order valence-electron chi connectivity index (χ2n) is 3.02. The second-order valence-corrected chi connectivity index (χ2v) is 3.02. The maximum absolute atomic E-state index is 12.9. The maximum Gasteiger partial charge on any atom is 0.275 e. The molecule has 1 unspecified atom stereocenters. The average Bonchev–Trinajstić information content (AvgIpc) is 1.95. The van der Waals surface area contributed by atoms with E-state index in [2.05, 4.69) is 0 Å². The number of nitrogens with zero attached hydrogens (tertiary/aromatic N) is 1. The quantitative estimate of drug-likeness (QED) is 0.749. The molecule has 0 saturated carbocycles. The van der Waals surface area contributed by atoms with E-state index in [1.54, 1.807) is 4.90 Å². The first-order valence-electron chi connectivity index (χ1n) is 3.92. The zero-order chi connectivity index (χ0) is 8.48. The Bertz CT molecular complexity index is 146. The van der Waals surface area contributed by atoms with Gasteiger partial charge in [0.25, 0.3) is 5.92 Å². The average molecular weight is 237 g/mol. The molecule has 0 aromatic rings. The summed E-state index contributed by atoms with van der Waals surface area (Å²) in [6.45, 7) is 3.09. The van der Waals surface area contributed by atoms with E-state index in [1.165, 1.54) is 0 Å². The smallest absolute Gasteiger partial charge is 0.275 e. The molecule has 6 heteroatoms. The van der Waals surface area contributed by atoms with E-state index in [9.17, 15) is 8.78 Å². The molecular formula is C7H16Cl2F2N2.